The maximum Gasteiger partial charge on any atom is 0.0709 e. The molecule has 0 aliphatic rings. The molecule has 7 aromatic carbocycles. The van der Waals surface area contributed by atoms with Gasteiger partial charge in [-0.15, -0.1) is 0 Å². The van der Waals surface area contributed by atoms with Crippen LogP contribution in [-0.4, -0.2) is 14.5 Å². The number of hydrogen-bond acceptors (Lipinski definition) is 3. The molecule has 0 spiro atoms. The number of pyridine rings is 2. The SMILES string of the molecule is Cc1cnc(-c2cc(-c3ccccc3)cc(N(c3cc(-c4ccccc4)cc(-c4cc(-c5ccccc5)c(C)cn4)c3)c3ccc4c(ccn4C)c3)c2)cc1-c1ccccc1. The first-order valence-corrected chi connectivity index (χ1v) is 20.8. The fourth-order valence-electron chi connectivity index (χ4n) is 8.45. The van der Waals surface area contributed by atoms with Gasteiger partial charge in [-0.3, -0.25) is 9.97 Å². The van der Waals surface area contributed by atoms with Crippen LogP contribution >= 0.6 is 0 Å². The number of aromatic nitrogens is 3. The van der Waals surface area contributed by atoms with Gasteiger partial charge in [0.15, 0.2) is 0 Å². The van der Waals surface area contributed by atoms with Crippen molar-refractivity contribution in [1.82, 2.24) is 14.5 Å². The predicted octanol–water partition coefficient (Wildman–Crippen LogP) is 15.1. The summed E-state index contributed by atoms with van der Waals surface area (Å²) in [6.07, 6.45) is 6.13. The molecular formula is C57H44N4. The first-order valence-electron chi connectivity index (χ1n) is 20.8. The number of anilines is 3. The van der Waals surface area contributed by atoms with Crippen molar-refractivity contribution < 1.29 is 0 Å². The summed E-state index contributed by atoms with van der Waals surface area (Å²) >= 11 is 0. The zero-order valence-corrected chi connectivity index (χ0v) is 34.5. The third-order valence-electron chi connectivity index (χ3n) is 11.7. The van der Waals surface area contributed by atoms with Crippen molar-refractivity contribution in [3.05, 3.63) is 224 Å². The number of rotatable bonds is 9. The molecule has 0 saturated carbocycles. The smallest absolute Gasteiger partial charge is 0.0709 e. The van der Waals surface area contributed by atoms with Crippen molar-refractivity contribution >= 4 is 28.0 Å². The molecule has 0 fully saturated rings. The Morgan fingerprint density at radius 3 is 1.26 bits per heavy atom. The summed E-state index contributed by atoms with van der Waals surface area (Å²) in [5.41, 5.74) is 19.6. The van der Waals surface area contributed by atoms with Crippen molar-refractivity contribution in [2.45, 2.75) is 13.8 Å². The Kier molecular flexibility index (Phi) is 9.88. The number of aryl methyl sites for hydroxylation is 3. The van der Waals surface area contributed by atoms with Gasteiger partial charge in [0.05, 0.1) is 11.4 Å². The second kappa shape index (κ2) is 16.1. The number of hydrogen-bond donors (Lipinski definition) is 0. The molecule has 0 radical (unpaired) electrons. The minimum absolute atomic E-state index is 0.915. The standard InChI is InChI=1S/C57H44N4/c1-39-37-58-55(35-53(39)43-20-12-6-13-21-43)48-28-46(41-16-8-4-9-17-41)31-51(33-48)61(50-24-25-57-45(30-50)26-27-60(57)3)52-32-47(42-18-10-5-11-19-42)29-49(34-52)56-36-54(40(2)38-59-56)44-22-14-7-15-23-44/h4-38H,1-3H3. The highest BCUT2D eigenvalue weighted by molar-refractivity contribution is 5.92. The largest absolute Gasteiger partial charge is 0.351 e. The highest BCUT2D eigenvalue weighted by Gasteiger charge is 2.20. The van der Waals surface area contributed by atoms with E-state index in [1.165, 1.54) is 33.2 Å². The fourth-order valence-corrected chi connectivity index (χ4v) is 8.45. The molecule has 0 amide bonds. The molecule has 0 aliphatic heterocycles. The molecular weight excluding hydrogens is 741 g/mol. The molecule has 0 atom stereocenters. The lowest BCUT2D eigenvalue weighted by molar-refractivity contribution is 0.969. The third kappa shape index (κ3) is 7.52. The molecule has 10 rings (SSSR count). The maximum atomic E-state index is 5.08. The molecule has 4 heteroatoms. The van der Waals surface area contributed by atoms with Crippen LogP contribution in [0.1, 0.15) is 11.1 Å². The van der Waals surface area contributed by atoms with Crippen LogP contribution < -0.4 is 4.90 Å². The van der Waals surface area contributed by atoms with E-state index in [4.69, 9.17) is 9.97 Å². The molecule has 10 aromatic rings. The molecule has 0 aliphatic carbocycles. The average Bonchev–Trinajstić information content (AvgIpc) is 3.69. The lowest BCUT2D eigenvalue weighted by atomic mass is 9.95. The van der Waals surface area contributed by atoms with Crippen LogP contribution in [0.3, 0.4) is 0 Å². The van der Waals surface area contributed by atoms with Gasteiger partial charge in [-0.05, 0) is 142 Å². The van der Waals surface area contributed by atoms with Crippen LogP contribution in [0.15, 0.2) is 213 Å². The molecule has 0 unspecified atom stereocenters. The second-order valence-electron chi connectivity index (χ2n) is 15.8. The van der Waals surface area contributed by atoms with Crippen molar-refractivity contribution in [3.8, 4) is 67.0 Å². The van der Waals surface area contributed by atoms with E-state index >= 15 is 0 Å². The van der Waals surface area contributed by atoms with Gasteiger partial charge in [-0.25, -0.2) is 0 Å². The van der Waals surface area contributed by atoms with Crippen LogP contribution in [0.25, 0.3) is 77.9 Å². The van der Waals surface area contributed by atoms with Crippen molar-refractivity contribution in [3.63, 3.8) is 0 Å². The molecule has 61 heavy (non-hydrogen) atoms. The Labute approximate surface area is 357 Å². The third-order valence-corrected chi connectivity index (χ3v) is 11.7. The highest BCUT2D eigenvalue weighted by Crippen LogP contribution is 2.44. The van der Waals surface area contributed by atoms with Gasteiger partial charge < -0.3 is 9.47 Å². The van der Waals surface area contributed by atoms with E-state index in [9.17, 15) is 0 Å². The number of nitrogens with zero attached hydrogens (tertiary/aromatic N) is 4. The van der Waals surface area contributed by atoms with Crippen LogP contribution in [0, 0.1) is 13.8 Å². The van der Waals surface area contributed by atoms with Gasteiger partial charge >= 0.3 is 0 Å². The lowest BCUT2D eigenvalue weighted by Gasteiger charge is -2.28. The molecule has 4 nitrogen and oxygen atoms in total. The molecule has 292 valence electrons. The highest BCUT2D eigenvalue weighted by atomic mass is 15.1. The minimum atomic E-state index is 0.915. The first kappa shape index (κ1) is 37.5. The predicted molar refractivity (Wildman–Crippen MR) is 255 cm³/mol. The summed E-state index contributed by atoms with van der Waals surface area (Å²) in [6, 6.07) is 69.7. The topological polar surface area (TPSA) is 34.0 Å². The zero-order valence-electron chi connectivity index (χ0n) is 34.5. The van der Waals surface area contributed by atoms with E-state index in [0.717, 1.165) is 73.0 Å². The normalized spacial score (nSPS) is 11.2. The Balaban J connectivity index is 1.23. The lowest BCUT2D eigenvalue weighted by Crippen LogP contribution is -2.11. The molecule has 0 saturated heterocycles. The summed E-state index contributed by atoms with van der Waals surface area (Å²) < 4.78 is 2.17. The van der Waals surface area contributed by atoms with Crippen LogP contribution in [0.5, 0.6) is 0 Å². The Morgan fingerprint density at radius 2 is 0.803 bits per heavy atom. The number of fused-ring (bicyclic) bond motifs is 1. The molecule has 3 aromatic heterocycles. The van der Waals surface area contributed by atoms with Gasteiger partial charge in [-0.1, -0.05) is 121 Å². The summed E-state index contributed by atoms with van der Waals surface area (Å²) in [7, 11) is 2.10. The first-order chi connectivity index (χ1) is 29.9. The van der Waals surface area contributed by atoms with E-state index in [2.05, 4.69) is 231 Å². The summed E-state index contributed by atoms with van der Waals surface area (Å²) in [5.74, 6) is 0. The van der Waals surface area contributed by atoms with Crippen molar-refractivity contribution in [2.24, 2.45) is 7.05 Å². The molecule has 0 bridgehead atoms. The molecule has 0 N–H and O–H groups in total. The Bertz CT molecular complexity index is 2980. The van der Waals surface area contributed by atoms with Gasteiger partial charge in [0.2, 0.25) is 0 Å². The van der Waals surface area contributed by atoms with Crippen molar-refractivity contribution in [2.75, 3.05) is 4.90 Å². The van der Waals surface area contributed by atoms with E-state index < -0.39 is 0 Å². The Morgan fingerprint density at radius 1 is 0.377 bits per heavy atom. The van der Waals surface area contributed by atoms with Crippen LogP contribution in [-0.2, 0) is 7.05 Å². The quantitative estimate of drug-likeness (QED) is 0.146. The van der Waals surface area contributed by atoms with E-state index in [-0.39, 0.29) is 0 Å². The second-order valence-corrected chi connectivity index (χ2v) is 15.8. The van der Waals surface area contributed by atoms with Gasteiger partial charge in [0, 0.05) is 64.7 Å². The monoisotopic (exact) mass is 784 g/mol. The Hall–Kier alpha value is -7.82. The average molecular weight is 785 g/mol. The number of benzene rings is 7. The van der Waals surface area contributed by atoms with E-state index in [1.54, 1.807) is 0 Å². The zero-order chi connectivity index (χ0) is 41.3. The van der Waals surface area contributed by atoms with Gasteiger partial charge in [0.1, 0.15) is 0 Å². The fraction of sp³-hybridized carbons (Fsp3) is 0.0526. The maximum absolute atomic E-state index is 5.08. The van der Waals surface area contributed by atoms with E-state index in [1.807, 2.05) is 12.4 Å². The summed E-state index contributed by atoms with van der Waals surface area (Å²) in [5, 5.41) is 1.17. The van der Waals surface area contributed by atoms with E-state index in [0.29, 0.717) is 0 Å². The van der Waals surface area contributed by atoms with Crippen LogP contribution in [0.4, 0.5) is 17.1 Å². The van der Waals surface area contributed by atoms with Gasteiger partial charge in [-0.2, -0.15) is 0 Å². The van der Waals surface area contributed by atoms with Crippen molar-refractivity contribution in [1.29, 1.82) is 0 Å². The summed E-state index contributed by atoms with van der Waals surface area (Å²) in [6.45, 7) is 4.27. The van der Waals surface area contributed by atoms with Crippen LogP contribution in [0.2, 0.25) is 0 Å². The minimum Gasteiger partial charge on any atom is -0.351 e. The van der Waals surface area contributed by atoms with Gasteiger partial charge in [0.25, 0.3) is 0 Å². The summed E-state index contributed by atoms with van der Waals surface area (Å²) in [4.78, 5) is 12.6. The molecule has 3 heterocycles.